The van der Waals surface area contributed by atoms with Gasteiger partial charge in [0, 0.05) is 24.5 Å². The zero-order chi connectivity index (χ0) is 13.1. The SMILES string of the molecule is CCOc1cc2c(cc1NC(=O)CC)O[C@@H](C)C2. The molecule has 0 fully saturated rings. The molecule has 0 saturated carbocycles. The molecular weight excluding hydrogens is 230 g/mol. The minimum Gasteiger partial charge on any atom is -0.492 e. The van der Waals surface area contributed by atoms with Crippen LogP contribution in [-0.2, 0) is 11.2 Å². The van der Waals surface area contributed by atoms with Gasteiger partial charge in [0.15, 0.2) is 0 Å². The molecule has 2 rings (SSSR count). The Balaban J connectivity index is 2.31. The Kier molecular flexibility index (Phi) is 3.75. The van der Waals surface area contributed by atoms with Crippen molar-refractivity contribution >= 4 is 11.6 Å². The van der Waals surface area contributed by atoms with E-state index in [0.717, 1.165) is 23.5 Å². The predicted molar refractivity (Wildman–Crippen MR) is 70.3 cm³/mol. The number of rotatable bonds is 4. The summed E-state index contributed by atoms with van der Waals surface area (Å²) >= 11 is 0. The lowest BCUT2D eigenvalue weighted by Crippen LogP contribution is -2.11. The van der Waals surface area contributed by atoms with Crippen molar-refractivity contribution in [2.45, 2.75) is 39.7 Å². The Labute approximate surface area is 107 Å². The lowest BCUT2D eigenvalue weighted by molar-refractivity contribution is -0.115. The monoisotopic (exact) mass is 249 g/mol. The molecule has 1 aromatic rings. The summed E-state index contributed by atoms with van der Waals surface area (Å²) in [6.45, 7) is 6.36. The van der Waals surface area contributed by atoms with Crippen molar-refractivity contribution in [1.29, 1.82) is 0 Å². The fourth-order valence-corrected chi connectivity index (χ4v) is 2.05. The molecule has 0 unspecified atom stereocenters. The van der Waals surface area contributed by atoms with Gasteiger partial charge in [-0.1, -0.05) is 6.92 Å². The number of hydrogen-bond acceptors (Lipinski definition) is 3. The van der Waals surface area contributed by atoms with E-state index < -0.39 is 0 Å². The molecule has 0 aromatic heterocycles. The van der Waals surface area contributed by atoms with E-state index in [0.29, 0.717) is 18.7 Å². The van der Waals surface area contributed by atoms with Crippen LogP contribution in [0.2, 0.25) is 0 Å². The molecule has 1 atom stereocenters. The van der Waals surface area contributed by atoms with Crippen molar-refractivity contribution in [3.63, 3.8) is 0 Å². The first-order chi connectivity index (χ1) is 8.63. The van der Waals surface area contributed by atoms with E-state index in [1.807, 2.05) is 32.9 Å². The molecule has 1 amide bonds. The Morgan fingerprint density at radius 3 is 2.94 bits per heavy atom. The van der Waals surface area contributed by atoms with Crippen LogP contribution in [-0.4, -0.2) is 18.6 Å². The lowest BCUT2D eigenvalue weighted by atomic mass is 10.1. The van der Waals surface area contributed by atoms with Crippen LogP contribution >= 0.6 is 0 Å². The Bertz CT molecular complexity index is 457. The number of amides is 1. The average molecular weight is 249 g/mol. The van der Waals surface area contributed by atoms with Crippen LogP contribution in [0.3, 0.4) is 0 Å². The molecule has 1 aliphatic heterocycles. The zero-order valence-corrected chi connectivity index (χ0v) is 11.1. The second-order valence-electron chi connectivity index (χ2n) is 4.42. The summed E-state index contributed by atoms with van der Waals surface area (Å²) in [5, 5.41) is 2.85. The van der Waals surface area contributed by atoms with Crippen molar-refractivity contribution < 1.29 is 14.3 Å². The van der Waals surface area contributed by atoms with Crippen molar-refractivity contribution in [2.75, 3.05) is 11.9 Å². The third kappa shape index (κ3) is 2.58. The van der Waals surface area contributed by atoms with E-state index in [1.54, 1.807) is 0 Å². The van der Waals surface area contributed by atoms with E-state index in [2.05, 4.69) is 5.32 Å². The molecule has 1 heterocycles. The standard InChI is InChI=1S/C14H19NO3/c1-4-14(16)15-11-8-12-10(6-9(3)18-12)7-13(11)17-5-2/h7-9H,4-6H2,1-3H3,(H,15,16)/t9-/m0/s1. The minimum atomic E-state index is -0.0260. The van der Waals surface area contributed by atoms with Crippen LogP contribution in [0.1, 0.15) is 32.8 Å². The number of fused-ring (bicyclic) bond motifs is 1. The second-order valence-corrected chi connectivity index (χ2v) is 4.42. The zero-order valence-electron chi connectivity index (χ0n) is 11.1. The van der Waals surface area contributed by atoms with Gasteiger partial charge in [-0.2, -0.15) is 0 Å². The van der Waals surface area contributed by atoms with Gasteiger partial charge in [0.1, 0.15) is 17.6 Å². The highest BCUT2D eigenvalue weighted by Crippen LogP contribution is 2.38. The Hall–Kier alpha value is -1.71. The minimum absolute atomic E-state index is 0.0260. The van der Waals surface area contributed by atoms with Crippen molar-refractivity contribution in [2.24, 2.45) is 0 Å². The first-order valence-corrected chi connectivity index (χ1v) is 6.40. The molecule has 18 heavy (non-hydrogen) atoms. The topological polar surface area (TPSA) is 47.6 Å². The van der Waals surface area contributed by atoms with Gasteiger partial charge in [-0.3, -0.25) is 4.79 Å². The van der Waals surface area contributed by atoms with Gasteiger partial charge in [-0.05, 0) is 19.9 Å². The second kappa shape index (κ2) is 5.29. The lowest BCUT2D eigenvalue weighted by Gasteiger charge is -2.13. The first-order valence-electron chi connectivity index (χ1n) is 6.40. The molecule has 1 aromatic carbocycles. The molecule has 1 aliphatic rings. The van der Waals surface area contributed by atoms with Gasteiger partial charge >= 0.3 is 0 Å². The van der Waals surface area contributed by atoms with Crippen molar-refractivity contribution in [3.05, 3.63) is 17.7 Å². The van der Waals surface area contributed by atoms with E-state index in [4.69, 9.17) is 9.47 Å². The summed E-state index contributed by atoms with van der Waals surface area (Å²) < 4.78 is 11.3. The summed E-state index contributed by atoms with van der Waals surface area (Å²) in [4.78, 5) is 11.5. The molecule has 4 nitrogen and oxygen atoms in total. The highest BCUT2D eigenvalue weighted by atomic mass is 16.5. The van der Waals surface area contributed by atoms with Gasteiger partial charge in [0.25, 0.3) is 0 Å². The van der Waals surface area contributed by atoms with Gasteiger partial charge < -0.3 is 14.8 Å². The number of nitrogens with one attached hydrogen (secondary N) is 1. The Morgan fingerprint density at radius 2 is 2.28 bits per heavy atom. The summed E-state index contributed by atoms with van der Waals surface area (Å²) in [5.41, 5.74) is 1.83. The van der Waals surface area contributed by atoms with Crippen molar-refractivity contribution in [1.82, 2.24) is 0 Å². The average Bonchev–Trinajstić information content (AvgIpc) is 2.69. The van der Waals surface area contributed by atoms with Crippen LogP contribution in [0.5, 0.6) is 11.5 Å². The first kappa shape index (κ1) is 12.7. The van der Waals surface area contributed by atoms with Crippen LogP contribution in [0, 0.1) is 0 Å². The quantitative estimate of drug-likeness (QED) is 0.892. The van der Waals surface area contributed by atoms with Crippen LogP contribution < -0.4 is 14.8 Å². The number of carbonyl (C=O) groups excluding carboxylic acids is 1. The normalized spacial score (nSPS) is 16.9. The highest BCUT2D eigenvalue weighted by Gasteiger charge is 2.22. The third-order valence-corrected chi connectivity index (χ3v) is 2.89. The largest absolute Gasteiger partial charge is 0.492 e. The molecule has 0 radical (unpaired) electrons. The number of carbonyl (C=O) groups is 1. The third-order valence-electron chi connectivity index (χ3n) is 2.89. The molecule has 0 aliphatic carbocycles. The number of ether oxygens (including phenoxy) is 2. The van der Waals surface area contributed by atoms with Gasteiger partial charge in [0.05, 0.1) is 12.3 Å². The predicted octanol–water partition coefficient (Wildman–Crippen LogP) is 2.76. The number of hydrogen-bond donors (Lipinski definition) is 1. The highest BCUT2D eigenvalue weighted by molar-refractivity contribution is 5.92. The van der Waals surface area contributed by atoms with Crippen LogP contribution in [0.25, 0.3) is 0 Å². The van der Waals surface area contributed by atoms with E-state index in [9.17, 15) is 4.79 Å². The Morgan fingerprint density at radius 1 is 1.50 bits per heavy atom. The molecule has 1 N–H and O–H groups in total. The molecular formula is C14H19NO3. The van der Waals surface area contributed by atoms with Gasteiger partial charge in [0.2, 0.25) is 5.91 Å². The summed E-state index contributed by atoms with van der Waals surface area (Å²) in [6, 6.07) is 3.82. The van der Waals surface area contributed by atoms with Gasteiger partial charge in [-0.15, -0.1) is 0 Å². The van der Waals surface area contributed by atoms with E-state index in [-0.39, 0.29) is 12.0 Å². The summed E-state index contributed by atoms with van der Waals surface area (Å²) in [6.07, 6.45) is 1.52. The van der Waals surface area contributed by atoms with Crippen LogP contribution in [0.15, 0.2) is 12.1 Å². The fourth-order valence-electron chi connectivity index (χ4n) is 2.05. The van der Waals surface area contributed by atoms with Crippen LogP contribution in [0.4, 0.5) is 5.69 Å². The molecule has 98 valence electrons. The van der Waals surface area contributed by atoms with E-state index in [1.165, 1.54) is 0 Å². The molecule has 0 spiro atoms. The maximum Gasteiger partial charge on any atom is 0.224 e. The summed E-state index contributed by atoms with van der Waals surface area (Å²) in [7, 11) is 0. The molecule has 0 saturated heterocycles. The smallest absolute Gasteiger partial charge is 0.224 e. The number of benzene rings is 1. The van der Waals surface area contributed by atoms with Crippen molar-refractivity contribution in [3.8, 4) is 11.5 Å². The fraction of sp³-hybridized carbons (Fsp3) is 0.500. The molecule has 0 bridgehead atoms. The molecule has 4 heteroatoms. The number of anilines is 1. The maximum absolute atomic E-state index is 11.5. The van der Waals surface area contributed by atoms with Gasteiger partial charge in [-0.25, -0.2) is 0 Å². The van der Waals surface area contributed by atoms with E-state index >= 15 is 0 Å². The maximum atomic E-state index is 11.5. The summed E-state index contributed by atoms with van der Waals surface area (Å²) in [5.74, 6) is 1.54.